The molecule has 0 radical (unpaired) electrons. The highest BCUT2D eigenvalue weighted by atomic mass is 19.4. The number of H-pyrrole nitrogens is 1. The van der Waals surface area contributed by atoms with Gasteiger partial charge < -0.3 is 29.2 Å². The topological polar surface area (TPSA) is 126 Å². The molecule has 2 aliphatic rings. The van der Waals surface area contributed by atoms with Gasteiger partial charge in [-0.05, 0) is 76.8 Å². The number of carbonyl (C=O) groups is 2. The fourth-order valence-electron chi connectivity index (χ4n) is 6.34. The first kappa shape index (κ1) is 35.2. The Morgan fingerprint density at radius 1 is 1.04 bits per heavy atom. The molecule has 1 aromatic carbocycles. The summed E-state index contributed by atoms with van der Waals surface area (Å²) in [6.07, 6.45) is -6.81. The number of likely N-dealkylation sites (tertiary alicyclic amines) is 1. The van der Waals surface area contributed by atoms with Crippen LogP contribution in [0, 0.1) is 23.5 Å². The second-order valence-corrected chi connectivity index (χ2v) is 14.5. The van der Waals surface area contributed by atoms with E-state index in [9.17, 15) is 27.9 Å². The molecule has 2 fully saturated rings. The smallest absolute Gasteiger partial charge is 0.444 e. The molecule has 48 heavy (non-hydrogen) atoms. The first-order valence-corrected chi connectivity index (χ1v) is 15.5. The summed E-state index contributed by atoms with van der Waals surface area (Å²) in [7, 11) is 0. The van der Waals surface area contributed by atoms with E-state index in [0.29, 0.717) is 35.8 Å². The Balaban J connectivity index is 1.61. The number of anilines is 1. The Morgan fingerprint density at radius 2 is 1.65 bits per heavy atom. The average molecular weight is 683 g/mol. The minimum Gasteiger partial charge on any atom is -0.444 e. The van der Waals surface area contributed by atoms with E-state index in [1.165, 1.54) is 0 Å². The molecule has 3 atom stereocenters. The van der Waals surface area contributed by atoms with Crippen LogP contribution in [0.4, 0.5) is 37.2 Å². The molecular weight excluding hydrogens is 643 g/mol. The molecule has 0 bridgehead atoms. The largest absolute Gasteiger partial charge is 0.573 e. The van der Waals surface area contributed by atoms with Gasteiger partial charge in [-0.3, -0.25) is 5.32 Å². The number of pyridine rings is 1. The van der Waals surface area contributed by atoms with Crippen LogP contribution >= 0.6 is 0 Å². The standard InChI is InChI=1S/C33H39F5N4O6/c1-14(2)25-23-22(21-17-11-42(12-18(17)21)30(45)48-32(6,7)8)20(13-43)40-27(23)24(35)26(41-25)16-9-15(39-29(44)47-31(3,4)5)10-19(34)28(16)46-33(36,37)38/h9-10,14,17-18,21,40,43H,11-13H2,1-8H3,(H,39,44)/t17-,18?,21?/m0/s1. The van der Waals surface area contributed by atoms with Crippen LogP contribution in [0.1, 0.15) is 84.2 Å². The van der Waals surface area contributed by atoms with E-state index < -0.39 is 70.9 Å². The molecule has 3 aromatic rings. The van der Waals surface area contributed by atoms with Crippen molar-refractivity contribution in [1.29, 1.82) is 0 Å². The maximum Gasteiger partial charge on any atom is 0.573 e. The lowest BCUT2D eigenvalue weighted by atomic mass is 9.95. The van der Waals surface area contributed by atoms with Crippen LogP contribution in [-0.2, 0) is 16.1 Å². The van der Waals surface area contributed by atoms with Crippen LogP contribution in [0.15, 0.2) is 12.1 Å². The molecule has 2 aromatic heterocycles. The van der Waals surface area contributed by atoms with Gasteiger partial charge in [-0.25, -0.2) is 23.4 Å². The molecule has 3 N–H and O–H groups in total. The van der Waals surface area contributed by atoms with Crippen LogP contribution in [0.25, 0.3) is 22.2 Å². The van der Waals surface area contributed by atoms with Crippen LogP contribution in [-0.4, -0.2) is 62.8 Å². The minimum absolute atomic E-state index is 0.000984. The number of ether oxygens (including phenoxy) is 3. The zero-order valence-electron chi connectivity index (χ0n) is 27.9. The van der Waals surface area contributed by atoms with Gasteiger partial charge in [-0.15, -0.1) is 13.2 Å². The van der Waals surface area contributed by atoms with E-state index in [1.807, 2.05) is 0 Å². The second-order valence-electron chi connectivity index (χ2n) is 14.5. The Kier molecular flexibility index (Phi) is 8.85. The maximum atomic E-state index is 16.6. The van der Waals surface area contributed by atoms with Gasteiger partial charge in [0.2, 0.25) is 0 Å². The summed E-state index contributed by atoms with van der Waals surface area (Å²) in [5, 5.41) is 13.0. The van der Waals surface area contributed by atoms with Crippen molar-refractivity contribution in [3.63, 3.8) is 0 Å². The minimum atomic E-state index is -5.35. The lowest BCUT2D eigenvalue weighted by Gasteiger charge is -2.26. The zero-order valence-corrected chi connectivity index (χ0v) is 27.9. The SMILES string of the molecule is CC(C)c1nc(-c2cc(NC(=O)OC(C)(C)C)cc(F)c2OC(F)(F)F)c(F)c2[nH]c(CO)c(C3C4CN(C(=O)OC(C)(C)C)C[C@@H]43)c12. The number of piperidine rings is 1. The first-order valence-electron chi connectivity index (χ1n) is 15.5. The Morgan fingerprint density at radius 3 is 2.17 bits per heavy atom. The number of aromatic nitrogens is 2. The lowest BCUT2D eigenvalue weighted by molar-refractivity contribution is -0.275. The molecule has 0 spiro atoms. The summed E-state index contributed by atoms with van der Waals surface area (Å²) >= 11 is 0. The normalized spacial score (nSPS) is 19.5. The van der Waals surface area contributed by atoms with Crippen molar-refractivity contribution >= 4 is 28.8 Å². The van der Waals surface area contributed by atoms with Gasteiger partial charge in [0, 0.05) is 35.9 Å². The van der Waals surface area contributed by atoms with Crippen LogP contribution in [0.3, 0.4) is 0 Å². The molecule has 2 unspecified atom stereocenters. The quantitative estimate of drug-likeness (QED) is 0.225. The third-order valence-corrected chi connectivity index (χ3v) is 8.08. The summed E-state index contributed by atoms with van der Waals surface area (Å²) in [5.74, 6) is -4.56. The number of hydrogen-bond acceptors (Lipinski definition) is 7. The lowest BCUT2D eigenvalue weighted by Crippen LogP contribution is -2.36. The number of aliphatic hydroxyl groups excluding tert-OH is 1. The molecule has 3 heterocycles. The molecule has 5 rings (SSSR count). The maximum absolute atomic E-state index is 16.6. The van der Waals surface area contributed by atoms with Crippen molar-refractivity contribution in [2.75, 3.05) is 18.4 Å². The van der Waals surface area contributed by atoms with Crippen LogP contribution in [0.2, 0.25) is 0 Å². The number of nitrogens with zero attached hydrogens (tertiary/aromatic N) is 2. The third kappa shape index (κ3) is 7.15. The predicted molar refractivity (Wildman–Crippen MR) is 166 cm³/mol. The van der Waals surface area contributed by atoms with E-state index in [4.69, 9.17) is 9.47 Å². The summed E-state index contributed by atoms with van der Waals surface area (Å²) in [4.78, 5) is 34.0. The fourth-order valence-corrected chi connectivity index (χ4v) is 6.34. The number of hydrogen-bond donors (Lipinski definition) is 3. The van der Waals surface area contributed by atoms with E-state index in [-0.39, 0.29) is 34.7 Å². The van der Waals surface area contributed by atoms with Crippen molar-refractivity contribution in [3.05, 3.63) is 40.7 Å². The molecule has 1 aliphatic heterocycles. The van der Waals surface area contributed by atoms with Gasteiger partial charge in [0.25, 0.3) is 0 Å². The summed E-state index contributed by atoms with van der Waals surface area (Å²) < 4.78 is 87.0. The number of amides is 2. The Bertz CT molecular complexity index is 1750. The van der Waals surface area contributed by atoms with E-state index in [0.717, 1.165) is 6.07 Å². The molecule has 2 amide bonds. The highest BCUT2D eigenvalue weighted by Crippen LogP contribution is 2.61. The summed E-state index contributed by atoms with van der Waals surface area (Å²) in [6, 6.07) is 1.51. The number of fused-ring (bicyclic) bond motifs is 2. The summed E-state index contributed by atoms with van der Waals surface area (Å²) in [5.41, 5.74) is -2.26. The van der Waals surface area contributed by atoms with Gasteiger partial charge in [-0.1, -0.05) is 13.8 Å². The highest BCUT2D eigenvalue weighted by molar-refractivity contribution is 5.93. The van der Waals surface area contributed by atoms with Crippen molar-refractivity contribution in [3.8, 4) is 17.0 Å². The number of carbonyl (C=O) groups excluding carboxylic acids is 2. The zero-order chi connectivity index (χ0) is 35.7. The van der Waals surface area contributed by atoms with Gasteiger partial charge in [0.1, 0.15) is 16.9 Å². The molecule has 15 heteroatoms. The number of nitrogens with one attached hydrogen (secondary N) is 2. The predicted octanol–water partition coefficient (Wildman–Crippen LogP) is 7.95. The van der Waals surface area contributed by atoms with Gasteiger partial charge >= 0.3 is 18.5 Å². The van der Waals surface area contributed by atoms with Crippen molar-refractivity contribution in [2.24, 2.45) is 11.8 Å². The molecule has 262 valence electrons. The first-order chi connectivity index (χ1) is 22.1. The average Bonchev–Trinajstić information content (AvgIpc) is 3.24. The molecule has 1 saturated carbocycles. The Labute approximate surface area is 273 Å². The van der Waals surface area contributed by atoms with Gasteiger partial charge in [-0.2, -0.15) is 0 Å². The summed E-state index contributed by atoms with van der Waals surface area (Å²) in [6.45, 7) is 13.8. The number of halogens is 5. The number of benzene rings is 1. The number of rotatable bonds is 6. The highest BCUT2D eigenvalue weighted by Gasteiger charge is 2.59. The fraction of sp³-hybridized carbons (Fsp3) is 0.545. The number of aliphatic hydroxyl groups is 1. The van der Waals surface area contributed by atoms with Crippen LogP contribution in [0.5, 0.6) is 5.75 Å². The van der Waals surface area contributed by atoms with E-state index >= 15 is 8.78 Å². The van der Waals surface area contributed by atoms with E-state index in [2.05, 4.69) is 20.0 Å². The molecule has 10 nitrogen and oxygen atoms in total. The Hall–Kier alpha value is -4.14. The van der Waals surface area contributed by atoms with Gasteiger partial charge in [0.15, 0.2) is 17.4 Å². The monoisotopic (exact) mass is 682 g/mol. The van der Waals surface area contributed by atoms with Crippen LogP contribution < -0.4 is 10.1 Å². The number of aromatic amines is 1. The molecule has 1 saturated heterocycles. The van der Waals surface area contributed by atoms with Crippen molar-refractivity contribution in [2.45, 2.75) is 91.4 Å². The van der Waals surface area contributed by atoms with E-state index in [1.54, 1.807) is 60.3 Å². The third-order valence-electron chi connectivity index (χ3n) is 8.08. The van der Waals surface area contributed by atoms with Gasteiger partial charge in [0.05, 0.1) is 23.4 Å². The second kappa shape index (κ2) is 12.1. The van der Waals surface area contributed by atoms with Crippen molar-refractivity contribution in [1.82, 2.24) is 14.9 Å². The molecular formula is C33H39F5N4O6. The number of alkyl halides is 3. The van der Waals surface area contributed by atoms with Crippen molar-refractivity contribution < 1.29 is 50.9 Å². The molecule has 1 aliphatic carbocycles.